The number of carbonyl (C=O) groups is 2. The van der Waals surface area contributed by atoms with E-state index in [9.17, 15) is 14.0 Å². The van der Waals surface area contributed by atoms with Crippen LogP contribution in [0.5, 0.6) is 0 Å². The Labute approximate surface area is 184 Å². The van der Waals surface area contributed by atoms with Gasteiger partial charge in [0.25, 0.3) is 5.91 Å². The lowest BCUT2D eigenvalue weighted by atomic mass is 9.95. The average Bonchev–Trinajstić information content (AvgIpc) is 3.27. The molecule has 2 saturated carbocycles. The molecule has 0 saturated heterocycles. The lowest BCUT2D eigenvalue weighted by Gasteiger charge is -2.25. The highest BCUT2D eigenvalue weighted by molar-refractivity contribution is 6.00. The van der Waals surface area contributed by atoms with Crippen molar-refractivity contribution in [3.63, 3.8) is 0 Å². The molecule has 0 bridgehead atoms. The number of benzene rings is 1. The molecule has 0 heterocycles. The summed E-state index contributed by atoms with van der Waals surface area (Å²) >= 11 is 0. The summed E-state index contributed by atoms with van der Waals surface area (Å²) < 4.78 is 19.8. The first kappa shape index (κ1) is 23.4. The molecule has 31 heavy (non-hydrogen) atoms. The first-order valence-corrected chi connectivity index (χ1v) is 11.9. The fourth-order valence-electron chi connectivity index (χ4n) is 4.51. The molecular formula is C24H36FN3O3. The molecule has 1 aromatic carbocycles. The largest absolute Gasteiger partial charge is 0.466 e. The third kappa shape index (κ3) is 7.11. The van der Waals surface area contributed by atoms with Gasteiger partial charge in [-0.2, -0.15) is 0 Å². The van der Waals surface area contributed by atoms with Crippen LogP contribution in [0.15, 0.2) is 12.1 Å². The van der Waals surface area contributed by atoms with Crippen molar-refractivity contribution < 1.29 is 18.7 Å². The Kier molecular flexibility index (Phi) is 8.98. The van der Waals surface area contributed by atoms with Crippen LogP contribution in [0.25, 0.3) is 0 Å². The lowest BCUT2D eigenvalue weighted by Crippen LogP contribution is -2.28. The van der Waals surface area contributed by atoms with Crippen molar-refractivity contribution in [1.82, 2.24) is 5.32 Å². The number of esters is 1. The van der Waals surface area contributed by atoms with Crippen molar-refractivity contribution >= 4 is 23.3 Å². The summed E-state index contributed by atoms with van der Waals surface area (Å²) in [6.07, 6.45) is 10.9. The van der Waals surface area contributed by atoms with Crippen LogP contribution in [0.1, 0.15) is 87.9 Å². The van der Waals surface area contributed by atoms with Gasteiger partial charge < -0.3 is 20.7 Å². The molecule has 0 spiro atoms. The number of ether oxygens (including phenoxy) is 1. The van der Waals surface area contributed by atoms with Gasteiger partial charge in [-0.15, -0.1) is 0 Å². The van der Waals surface area contributed by atoms with E-state index in [4.69, 9.17) is 4.74 Å². The fraction of sp³-hybridized carbons (Fsp3) is 0.667. The van der Waals surface area contributed by atoms with Gasteiger partial charge in [-0.25, -0.2) is 4.39 Å². The van der Waals surface area contributed by atoms with Gasteiger partial charge >= 0.3 is 5.97 Å². The second-order valence-electron chi connectivity index (χ2n) is 8.65. The van der Waals surface area contributed by atoms with E-state index in [0.717, 1.165) is 25.7 Å². The molecule has 3 N–H and O–H groups in total. The highest BCUT2D eigenvalue weighted by Crippen LogP contribution is 2.31. The first-order chi connectivity index (χ1) is 15.1. The Morgan fingerprint density at radius 3 is 2.23 bits per heavy atom. The van der Waals surface area contributed by atoms with Crippen LogP contribution in [-0.4, -0.2) is 37.1 Å². The van der Waals surface area contributed by atoms with Crippen LogP contribution < -0.4 is 16.0 Å². The van der Waals surface area contributed by atoms with E-state index in [-0.39, 0.29) is 24.3 Å². The zero-order chi connectivity index (χ0) is 22.1. The van der Waals surface area contributed by atoms with E-state index >= 15 is 0 Å². The second-order valence-corrected chi connectivity index (χ2v) is 8.65. The molecule has 2 fully saturated rings. The fourth-order valence-corrected chi connectivity index (χ4v) is 4.51. The predicted molar refractivity (Wildman–Crippen MR) is 121 cm³/mol. The van der Waals surface area contributed by atoms with Crippen LogP contribution in [0.2, 0.25) is 0 Å². The molecule has 1 amide bonds. The van der Waals surface area contributed by atoms with Gasteiger partial charge in [-0.1, -0.05) is 32.1 Å². The summed E-state index contributed by atoms with van der Waals surface area (Å²) in [4.78, 5) is 24.3. The highest BCUT2D eigenvalue weighted by atomic mass is 19.1. The zero-order valence-corrected chi connectivity index (χ0v) is 18.6. The second kappa shape index (κ2) is 11.9. The normalized spacial score (nSPS) is 17.4. The lowest BCUT2D eigenvalue weighted by molar-refractivity contribution is -0.143. The number of rotatable bonds is 10. The number of amides is 1. The van der Waals surface area contributed by atoms with E-state index < -0.39 is 5.82 Å². The predicted octanol–water partition coefficient (Wildman–Crippen LogP) is 5.00. The molecular weight excluding hydrogens is 397 g/mol. The van der Waals surface area contributed by atoms with E-state index in [0.29, 0.717) is 42.6 Å². The van der Waals surface area contributed by atoms with Crippen LogP contribution in [0, 0.1) is 5.82 Å². The highest BCUT2D eigenvalue weighted by Gasteiger charge is 2.22. The number of carbonyl (C=O) groups excluding carboxylic acids is 2. The van der Waals surface area contributed by atoms with Crippen molar-refractivity contribution in [2.75, 3.05) is 23.8 Å². The number of hydrogen-bond donors (Lipinski definition) is 3. The molecule has 172 valence electrons. The molecule has 0 aromatic heterocycles. The van der Waals surface area contributed by atoms with Crippen molar-refractivity contribution in [1.29, 1.82) is 0 Å². The van der Waals surface area contributed by atoms with Gasteiger partial charge in [-0.05, 0) is 51.2 Å². The number of hydrogen-bond acceptors (Lipinski definition) is 5. The maximum Gasteiger partial charge on any atom is 0.305 e. The molecule has 0 unspecified atom stereocenters. The summed E-state index contributed by atoms with van der Waals surface area (Å²) in [5, 5.41) is 9.65. The Bertz CT molecular complexity index is 744. The topological polar surface area (TPSA) is 79.5 Å². The first-order valence-electron chi connectivity index (χ1n) is 11.9. The average molecular weight is 434 g/mol. The molecule has 0 radical (unpaired) electrons. The van der Waals surface area contributed by atoms with Crippen molar-refractivity contribution in [3.8, 4) is 0 Å². The maximum atomic E-state index is 14.9. The molecule has 7 heteroatoms. The van der Waals surface area contributed by atoms with Crippen LogP contribution in [0.4, 0.5) is 15.8 Å². The Morgan fingerprint density at radius 1 is 0.968 bits per heavy atom. The van der Waals surface area contributed by atoms with Gasteiger partial charge in [0.1, 0.15) is 5.82 Å². The van der Waals surface area contributed by atoms with Gasteiger partial charge in [0.05, 0.1) is 17.9 Å². The van der Waals surface area contributed by atoms with Crippen molar-refractivity contribution in [3.05, 3.63) is 23.5 Å². The minimum absolute atomic E-state index is 0.250. The molecule has 6 nitrogen and oxygen atoms in total. The zero-order valence-electron chi connectivity index (χ0n) is 18.6. The molecule has 0 aliphatic heterocycles. The van der Waals surface area contributed by atoms with Crippen LogP contribution in [0.3, 0.4) is 0 Å². The molecule has 3 rings (SSSR count). The van der Waals surface area contributed by atoms with E-state index in [1.165, 1.54) is 38.2 Å². The monoisotopic (exact) mass is 433 g/mol. The van der Waals surface area contributed by atoms with E-state index in [1.54, 1.807) is 13.0 Å². The molecule has 1 aromatic rings. The van der Waals surface area contributed by atoms with Gasteiger partial charge in [0.2, 0.25) is 0 Å². The standard InChI is InChI=1S/C24H36FN3O3/c1-2-31-23(29)13-8-14-26-24(30)19-15-20(25)22(28-18-9-4-3-5-10-18)16-21(19)27-17-11-6-7-12-17/h15-18,27-28H,2-14H2,1H3,(H,26,30). The SMILES string of the molecule is CCOC(=O)CCCNC(=O)c1cc(F)c(NC2CCCCC2)cc1NC1CCCC1. The number of nitrogens with one attached hydrogen (secondary N) is 3. The minimum Gasteiger partial charge on any atom is -0.466 e. The summed E-state index contributed by atoms with van der Waals surface area (Å²) in [7, 11) is 0. The Balaban J connectivity index is 1.68. The number of anilines is 2. The molecule has 0 atom stereocenters. The van der Waals surface area contributed by atoms with Crippen LogP contribution >= 0.6 is 0 Å². The van der Waals surface area contributed by atoms with Crippen LogP contribution in [-0.2, 0) is 9.53 Å². The summed E-state index contributed by atoms with van der Waals surface area (Å²) in [6.45, 7) is 2.45. The smallest absolute Gasteiger partial charge is 0.305 e. The van der Waals surface area contributed by atoms with Gasteiger partial charge in [-0.3, -0.25) is 9.59 Å². The van der Waals surface area contributed by atoms with Crippen molar-refractivity contribution in [2.24, 2.45) is 0 Å². The summed E-state index contributed by atoms with van der Waals surface area (Å²) in [5.74, 6) is -1.00. The third-order valence-electron chi connectivity index (χ3n) is 6.18. The van der Waals surface area contributed by atoms with Gasteiger partial charge in [0.15, 0.2) is 0 Å². The maximum absolute atomic E-state index is 14.9. The summed E-state index contributed by atoms with van der Waals surface area (Å²) in [5.41, 5.74) is 1.45. The quantitative estimate of drug-likeness (QED) is 0.358. The van der Waals surface area contributed by atoms with E-state index in [2.05, 4.69) is 16.0 Å². The molecule has 2 aliphatic rings. The third-order valence-corrected chi connectivity index (χ3v) is 6.18. The Hall–Kier alpha value is -2.31. The van der Waals surface area contributed by atoms with E-state index in [1.807, 2.05) is 0 Å². The number of halogens is 1. The minimum atomic E-state index is -0.404. The molecule has 2 aliphatic carbocycles. The Morgan fingerprint density at radius 2 is 1.58 bits per heavy atom. The van der Waals surface area contributed by atoms with Crippen molar-refractivity contribution in [2.45, 2.75) is 89.6 Å². The summed E-state index contributed by atoms with van der Waals surface area (Å²) in [6, 6.07) is 3.69. The van der Waals surface area contributed by atoms with Gasteiger partial charge in [0, 0.05) is 30.7 Å².